The number of hydrogen-bond donors (Lipinski definition) is 2. The third-order valence-electron chi connectivity index (χ3n) is 4.71. The van der Waals surface area contributed by atoms with Crippen LogP contribution >= 0.6 is 11.3 Å². The second-order valence-corrected chi connectivity index (χ2v) is 7.30. The molecule has 0 saturated carbocycles. The highest BCUT2D eigenvalue weighted by atomic mass is 32.1. The van der Waals surface area contributed by atoms with Crippen LogP contribution in [0.15, 0.2) is 36.4 Å². The van der Waals surface area contributed by atoms with E-state index in [4.69, 9.17) is 4.74 Å². The van der Waals surface area contributed by atoms with Gasteiger partial charge in [0.05, 0.1) is 13.2 Å². The number of fused-ring (bicyclic) bond motifs is 3. The third-order valence-corrected chi connectivity index (χ3v) is 6.01. The van der Waals surface area contributed by atoms with Crippen molar-refractivity contribution in [3.05, 3.63) is 57.4 Å². The number of nitrogens with one attached hydrogen (secondary N) is 2. The van der Waals surface area contributed by atoms with Gasteiger partial charge >= 0.3 is 5.97 Å². The first-order chi connectivity index (χ1) is 11.7. The molecule has 24 heavy (non-hydrogen) atoms. The van der Waals surface area contributed by atoms with E-state index in [2.05, 4.69) is 41.5 Å². The van der Waals surface area contributed by atoms with Gasteiger partial charge in [0.1, 0.15) is 6.04 Å². The zero-order valence-electron chi connectivity index (χ0n) is 13.8. The van der Waals surface area contributed by atoms with E-state index in [9.17, 15) is 4.79 Å². The standard InChI is InChI=1S/C19H20N2O2S/c1-3-11-8-9-16(24-11)18-17-13(10-15(21-18)19(22)23-2)12-6-4-5-7-14(12)20-17/h4-9,15,18,20-21H,3,10H2,1-2H3. The number of aromatic amines is 1. The van der Waals surface area contributed by atoms with E-state index in [0.29, 0.717) is 6.42 Å². The predicted molar refractivity (Wildman–Crippen MR) is 96.5 cm³/mol. The Morgan fingerprint density at radius 3 is 2.88 bits per heavy atom. The smallest absolute Gasteiger partial charge is 0.323 e. The molecule has 1 aromatic carbocycles. The number of thiophene rings is 1. The lowest BCUT2D eigenvalue weighted by atomic mass is 9.93. The fourth-order valence-electron chi connectivity index (χ4n) is 3.49. The Hall–Kier alpha value is -2.11. The van der Waals surface area contributed by atoms with Crippen LogP contribution in [-0.4, -0.2) is 24.1 Å². The molecule has 0 radical (unpaired) electrons. The Morgan fingerprint density at radius 1 is 1.29 bits per heavy atom. The Kier molecular flexibility index (Phi) is 3.90. The minimum Gasteiger partial charge on any atom is -0.468 e. The summed E-state index contributed by atoms with van der Waals surface area (Å²) in [6, 6.07) is 12.3. The molecule has 0 aliphatic carbocycles. The second-order valence-electron chi connectivity index (χ2n) is 6.10. The molecule has 0 bridgehead atoms. The van der Waals surface area contributed by atoms with Gasteiger partial charge in [0.2, 0.25) is 0 Å². The summed E-state index contributed by atoms with van der Waals surface area (Å²) in [5.41, 5.74) is 3.50. The highest BCUT2D eigenvalue weighted by Gasteiger charge is 2.34. The molecule has 4 nitrogen and oxygen atoms in total. The monoisotopic (exact) mass is 340 g/mol. The lowest BCUT2D eigenvalue weighted by molar-refractivity contribution is -0.143. The summed E-state index contributed by atoms with van der Waals surface area (Å²) in [7, 11) is 1.45. The molecular formula is C19H20N2O2S. The van der Waals surface area contributed by atoms with Crippen molar-refractivity contribution in [2.45, 2.75) is 31.8 Å². The summed E-state index contributed by atoms with van der Waals surface area (Å²) in [5, 5.41) is 4.67. The van der Waals surface area contributed by atoms with Crippen molar-refractivity contribution in [3.8, 4) is 0 Å². The van der Waals surface area contributed by atoms with Crippen molar-refractivity contribution in [2.75, 3.05) is 7.11 Å². The lowest BCUT2D eigenvalue weighted by Crippen LogP contribution is -2.45. The van der Waals surface area contributed by atoms with E-state index >= 15 is 0 Å². The number of ether oxygens (including phenoxy) is 1. The SMILES string of the molecule is CCc1ccc(C2NC(C(=O)OC)Cc3c2[nH]c2ccccc32)s1. The number of benzene rings is 1. The van der Waals surface area contributed by atoms with Gasteiger partial charge in [0, 0.05) is 32.8 Å². The fourth-order valence-corrected chi connectivity index (χ4v) is 4.52. The maximum atomic E-state index is 12.2. The van der Waals surface area contributed by atoms with Crippen molar-refractivity contribution in [3.63, 3.8) is 0 Å². The molecule has 2 unspecified atom stereocenters. The highest BCUT2D eigenvalue weighted by molar-refractivity contribution is 7.12. The molecular weight excluding hydrogens is 320 g/mol. The number of hydrogen-bond acceptors (Lipinski definition) is 4. The number of para-hydroxylation sites is 1. The summed E-state index contributed by atoms with van der Waals surface area (Å²) in [5.74, 6) is -0.205. The third kappa shape index (κ3) is 2.44. The maximum Gasteiger partial charge on any atom is 0.323 e. The molecule has 0 spiro atoms. The van der Waals surface area contributed by atoms with Crippen LogP contribution in [0.25, 0.3) is 10.9 Å². The molecule has 2 N–H and O–H groups in total. The number of carbonyl (C=O) groups is 1. The molecule has 0 saturated heterocycles. The normalized spacial score (nSPS) is 20.1. The van der Waals surface area contributed by atoms with E-state index in [1.54, 1.807) is 11.3 Å². The van der Waals surface area contributed by atoms with E-state index in [-0.39, 0.29) is 18.1 Å². The molecule has 1 aliphatic heterocycles. The molecule has 0 amide bonds. The van der Waals surface area contributed by atoms with Crippen LogP contribution in [0.2, 0.25) is 0 Å². The lowest BCUT2D eigenvalue weighted by Gasteiger charge is -2.29. The van der Waals surface area contributed by atoms with Gasteiger partial charge in [-0.2, -0.15) is 0 Å². The Morgan fingerprint density at radius 2 is 2.12 bits per heavy atom. The van der Waals surface area contributed by atoms with Gasteiger partial charge in [-0.25, -0.2) is 0 Å². The quantitative estimate of drug-likeness (QED) is 0.717. The van der Waals surface area contributed by atoms with E-state index in [0.717, 1.165) is 11.9 Å². The first kappa shape index (κ1) is 15.4. The number of esters is 1. The summed E-state index contributed by atoms with van der Waals surface area (Å²) in [6.45, 7) is 2.16. The number of aromatic nitrogens is 1. The summed E-state index contributed by atoms with van der Waals surface area (Å²) >= 11 is 1.80. The Bertz CT molecular complexity index is 896. The summed E-state index contributed by atoms with van der Waals surface area (Å²) < 4.78 is 5.00. The van der Waals surface area contributed by atoms with Crippen molar-refractivity contribution in [2.24, 2.45) is 0 Å². The van der Waals surface area contributed by atoms with Crippen LogP contribution in [-0.2, 0) is 22.4 Å². The van der Waals surface area contributed by atoms with Gasteiger partial charge in [-0.1, -0.05) is 25.1 Å². The molecule has 3 aromatic rings. The summed E-state index contributed by atoms with van der Waals surface area (Å²) in [6.07, 6.45) is 1.67. The first-order valence-corrected chi connectivity index (χ1v) is 9.05. The number of aryl methyl sites for hydroxylation is 1. The summed E-state index contributed by atoms with van der Waals surface area (Å²) in [4.78, 5) is 18.3. The van der Waals surface area contributed by atoms with E-state index in [1.807, 2.05) is 12.1 Å². The van der Waals surface area contributed by atoms with Gasteiger partial charge < -0.3 is 9.72 Å². The van der Waals surface area contributed by atoms with Crippen LogP contribution in [0.4, 0.5) is 0 Å². The number of methoxy groups -OCH3 is 1. The largest absolute Gasteiger partial charge is 0.468 e. The van der Waals surface area contributed by atoms with Crippen LogP contribution < -0.4 is 5.32 Å². The van der Waals surface area contributed by atoms with Crippen molar-refractivity contribution >= 4 is 28.2 Å². The molecule has 124 valence electrons. The Labute approximate surface area is 144 Å². The maximum absolute atomic E-state index is 12.2. The molecule has 5 heteroatoms. The Balaban J connectivity index is 1.85. The topological polar surface area (TPSA) is 54.1 Å². The highest BCUT2D eigenvalue weighted by Crippen LogP contribution is 2.37. The molecule has 4 rings (SSSR count). The molecule has 0 fully saturated rings. The minimum atomic E-state index is -0.320. The predicted octanol–water partition coefficient (Wildman–Crippen LogP) is 3.57. The van der Waals surface area contributed by atoms with E-state index in [1.165, 1.54) is 33.5 Å². The van der Waals surface area contributed by atoms with Crippen LogP contribution in [0.1, 0.15) is 34.0 Å². The van der Waals surface area contributed by atoms with Gasteiger partial charge in [-0.05, 0) is 30.2 Å². The number of H-pyrrole nitrogens is 1. The van der Waals surface area contributed by atoms with Gasteiger partial charge in [0.25, 0.3) is 0 Å². The van der Waals surface area contributed by atoms with Gasteiger partial charge in [-0.3, -0.25) is 10.1 Å². The van der Waals surface area contributed by atoms with Crippen LogP contribution in [0.5, 0.6) is 0 Å². The number of rotatable bonds is 3. The molecule has 2 atom stereocenters. The zero-order valence-corrected chi connectivity index (χ0v) is 14.6. The fraction of sp³-hybridized carbons (Fsp3) is 0.316. The van der Waals surface area contributed by atoms with Gasteiger partial charge in [0.15, 0.2) is 0 Å². The molecule has 1 aliphatic rings. The van der Waals surface area contributed by atoms with Crippen LogP contribution in [0, 0.1) is 0 Å². The minimum absolute atomic E-state index is 0.00412. The molecule has 3 heterocycles. The van der Waals surface area contributed by atoms with Crippen molar-refractivity contribution < 1.29 is 9.53 Å². The average Bonchev–Trinajstić information content (AvgIpc) is 3.24. The second kappa shape index (κ2) is 6.07. The zero-order chi connectivity index (χ0) is 16.7. The number of carbonyl (C=O) groups excluding carboxylic acids is 1. The van der Waals surface area contributed by atoms with Crippen molar-refractivity contribution in [1.29, 1.82) is 0 Å². The van der Waals surface area contributed by atoms with Crippen molar-refractivity contribution in [1.82, 2.24) is 10.3 Å². The molecule has 2 aromatic heterocycles. The first-order valence-electron chi connectivity index (χ1n) is 8.23. The van der Waals surface area contributed by atoms with E-state index < -0.39 is 0 Å². The average molecular weight is 340 g/mol. The van der Waals surface area contributed by atoms with Gasteiger partial charge in [-0.15, -0.1) is 11.3 Å². The van der Waals surface area contributed by atoms with Crippen LogP contribution in [0.3, 0.4) is 0 Å².